The van der Waals surface area contributed by atoms with Gasteiger partial charge in [0, 0.05) is 24.3 Å². The summed E-state index contributed by atoms with van der Waals surface area (Å²) in [5.74, 6) is 0.775. The summed E-state index contributed by atoms with van der Waals surface area (Å²) < 4.78 is 11.2. The summed E-state index contributed by atoms with van der Waals surface area (Å²) in [6.07, 6.45) is 5.70. The van der Waals surface area contributed by atoms with E-state index in [4.69, 9.17) is 0 Å². The van der Waals surface area contributed by atoms with Crippen molar-refractivity contribution in [2.75, 3.05) is 12.5 Å². The molecular weight excluding hydrogens is 329 g/mol. The number of amides is 1. The topological polar surface area (TPSA) is 46.9 Å². The van der Waals surface area contributed by atoms with Crippen molar-refractivity contribution in [2.45, 2.75) is 45.4 Å². The highest BCUT2D eigenvalue weighted by atomic mass is 19.1. The maximum atomic E-state index is 12.7. The van der Waals surface area contributed by atoms with E-state index in [-0.39, 0.29) is 11.3 Å². The molecule has 26 heavy (non-hydrogen) atoms. The van der Waals surface area contributed by atoms with E-state index in [1.54, 1.807) is 10.9 Å². The van der Waals surface area contributed by atoms with Gasteiger partial charge < -0.3 is 5.32 Å². The molecule has 2 aromatic rings. The second-order valence-corrected chi connectivity index (χ2v) is 8.00. The number of alkyl halides is 1. The molecule has 2 fully saturated rings. The fraction of sp³-hybridized carbons (Fsp3) is 0.524. The van der Waals surface area contributed by atoms with Crippen LogP contribution in [0.2, 0.25) is 0 Å². The van der Waals surface area contributed by atoms with Crippen LogP contribution in [-0.4, -0.2) is 22.9 Å². The number of nitrogens with zero attached hydrogens (tertiary/aromatic N) is 2. The van der Waals surface area contributed by atoms with Gasteiger partial charge in [-0.1, -0.05) is 32.0 Å². The van der Waals surface area contributed by atoms with E-state index >= 15 is 0 Å². The normalized spacial score (nSPS) is 26.7. The summed E-state index contributed by atoms with van der Waals surface area (Å²) in [5.41, 5.74) is 4.16. The number of hydrogen-bond acceptors (Lipinski definition) is 2. The Morgan fingerprint density at radius 3 is 2.50 bits per heavy atom. The third-order valence-electron chi connectivity index (χ3n) is 6.36. The van der Waals surface area contributed by atoms with Crippen molar-refractivity contribution in [2.24, 2.45) is 18.4 Å². The van der Waals surface area contributed by atoms with Crippen molar-refractivity contribution in [3.05, 3.63) is 47.3 Å². The molecule has 4 rings (SSSR count). The van der Waals surface area contributed by atoms with Crippen LogP contribution in [0.4, 0.5) is 10.1 Å². The molecular formula is C21H28FN3O. The Bertz CT molecular complexity index is 826. The average Bonchev–Trinajstić information content (AvgIpc) is 3.51. The lowest BCUT2D eigenvalue weighted by Gasteiger charge is -2.22. The summed E-state index contributed by atoms with van der Waals surface area (Å²) in [7, 11) is 2.34. The third-order valence-corrected chi connectivity index (χ3v) is 6.36. The zero-order chi connectivity index (χ0) is 19.1. The van der Waals surface area contributed by atoms with E-state index in [0.717, 1.165) is 17.3 Å². The molecule has 0 saturated heterocycles. The highest BCUT2D eigenvalue weighted by Gasteiger charge is 2.67. The van der Waals surface area contributed by atoms with Crippen molar-refractivity contribution < 1.29 is 9.18 Å². The molecule has 1 aromatic carbocycles. The molecule has 0 radical (unpaired) electrons. The van der Waals surface area contributed by atoms with Crippen LogP contribution in [0, 0.1) is 18.3 Å². The van der Waals surface area contributed by atoms with Gasteiger partial charge in [0.1, 0.15) is 0 Å². The zero-order valence-electron chi connectivity index (χ0n) is 16.3. The van der Waals surface area contributed by atoms with Gasteiger partial charge in [-0.25, -0.2) is 0 Å². The molecule has 2 atom stereocenters. The number of carbonyl (C=O) groups is 1. The van der Waals surface area contributed by atoms with Crippen LogP contribution in [0.25, 0.3) is 0 Å². The Hall–Kier alpha value is -2.17. The van der Waals surface area contributed by atoms with E-state index in [9.17, 15) is 9.18 Å². The fourth-order valence-electron chi connectivity index (χ4n) is 4.49. The van der Waals surface area contributed by atoms with Gasteiger partial charge in [0.15, 0.2) is 0 Å². The van der Waals surface area contributed by atoms with Crippen molar-refractivity contribution in [3.8, 4) is 0 Å². The number of nitrogens with one attached hydrogen (secondary N) is 1. The quantitative estimate of drug-likeness (QED) is 0.866. The molecule has 5 heteroatoms. The molecule has 1 unspecified atom stereocenters. The minimum atomic E-state index is -0.0783. The third kappa shape index (κ3) is 2.93. The molecule has 2 aliphatic rings. The number of hydrogen-bond donors (Lipinski definition) is 1. The van der Waals surface area contributed by atoms with Gasteiger partial charge in [-0.2, -0.15) is 5.10 Å². The minimum absolute atomic E-state index is 0.0783. The Balaban J connectivity index is 0.000000948. The standard InChI is InChI=1S/C20H25N3O.CH3F/c1-13-15(11-23(4)22-13)18(24)21-17-8-6-5-7-16(17)20(3)12-19(20,2)14-9-10-14;1-2/h5-8,11,14H,9-10,12H2,1-4H3,(H,21,24);1H3/t19?,20-;/m1./s1. The molecule has 2 saturated carbocycles. The fourth-order valence-corrected chi connectivity index (χ4v) is 4.49. The van der Waals surface area contributed by atoms with E-state index in [1.165, 1.54) is 24.8 Å². The van der Waals surface area contributed by atoms with Gasteiger partial charge in [-0.05, 0) is 49.1 Å². The van der Waals surface area contributed by atoms with Gasteiger partial charge in [-0.15, -0.1) is 0 Å². The molecule has 0 aliphatic heterocycles. The molecule has 2 aliphatic carbocycles. The van der Waals surface area contributed by atoms with Gasteiger partial charge in [0.25, 0.3) is 5.91 Å². The molecule has 1 heterocycles. The molecule has 4 nitrogen and oxygen atoms in total. The number of aromatic nitrogens is 2. The maximum Gasteiger partial charge on any atom is 0.259 e. The van der Waals surface area contributed by atoms with Crippen LogP contribution in [0.1, 0.15) is 54.7 Å². The van der Waals surface area contributed by atoms with Crippen molar-refractivity contribution in [3.63, 3.8) is 0 Å². The summed E-state index contributed by atoms with van der Waals surface area (Å²) in [6.45, 7) is 6.63. The highest BCUT2D eigenvalue weighted by molar-refractivity contribution is 6.05. The number of halogens is 1. The first-order valence-electron chi connectivity index (χ1n) is 9.14. The first-order valence-corrected chi connectivity index (χ1v) is 9.14. The smallest absolute Gasteiger partial charge is 0.259 e. The van der Waals surface area contributed by atoms with Crippen LogP contribution >= 0.6 is 0 Å². The number of anilines is 1. The molecule has 1 amide bonds. The second kappa shape index (κ2) is 6.53. The predicted octanol–water partition coefficient (Wildman–Crippen LogP) is 4.64. The van der Waals surface area contributed by atoms with Crippen LogP contribution < -0.4 is 5.32 Å². The Morgan fingerprint density at radius 1 is 1.27 bits per heavy atom. The molecule has 1 N–H and O–H groups in total. The van der Waals surface area contributed by atoms with Crippen LogP contribution in [0.15, 0.2) is 30.5 Å². The van der Waals surface area contributed by atoms with Crippen molar-refractivity contribution in [1.29, 1.82) is 0 Å². The first-order chi connectivity index (χ1) is 12.3. The summed E-state index contributed by atoms with van der Waals surface area (Å²) in [6, 6.07) is 8.28. The Kier molecular flexibility index (Phi) is 4.67. The lowest BCUT2D eigenvalue weighted by molar-refractivity contribution is 0.102. The van der Waals surface area contributed by atoms with Gasteiger partial charge in [0.05, 0.1) is 18.4 Å². The number of carbonyl (C=O) groups excluding carboxylic acids is 1. The predicted molar refractivity (Wildman–Crippen MR) is 102 cm³/mol. The lowest BCUT2D eigenvalue weighted by atomic mass is 9.84. The Morgan fingerprint density at radius 2 is 1.92 bits per heavy atom. The number of benzene rings is 1. The van der Waals surface area contributed by atoms with Crippen molar-refractivity contribution in [1.82, 2.24) is 9.78 Å². The zero-order valence-corrected chi connectivity index (χ0v) is 16.3. The number of rotatable bonds is 4. The maximum absolute atomic E-state index is 12.7. The van der Waals surface area contributed by atoms with E-state index < -0.39 is 0 Å². The van der Waals surface area contributed by atoms with E-state index in [1.807, 2.05) is 26.1 Å². The van der Waals surface area contributed by atoms with Gasteiger partial charge in [0.2, 0.25) is 0 Å². The number of aryl methyl sites for hydroxylation is 2. The summed E-state index contributed by atoms with van der Waals surface area (Å²) >= 11 is 0. The van der Waals surface area contributed by atoms with Crippen LogP contribution in [0.5, 0.6) is 0 Å². The molecule has 140 valence electrons. The van der Waals surface area contributed by atoms with Gasteiger partial charge in [-0.3, -0.25) is 13.9 Å². The van der Waals surface area contributed by atoms with E-state index in [2.05, 4.69) is 36.4 Å². The highest BCUT2D eigenvalue weighted by Crippen LogP contribution is 2.73. The Labute approximate surface area is 154 Å². The summed E-state index contributed by atoms with van der Waals surface area (Å²) in [4.78, 5) is 12.7. The van der Waals surface area contributed by atoms with Crippen LogP contribution in [0.3, 0.4) is 0 Å². The monoisotopic (exact) mass is 357 g/mol. The number of para-hydroxylation sites is 1. The second-order valence-electron chi connectivity index (χ2n) is 8.00. The largest absolute Gasteiger partial charge is 0.322 e. The van der Waals surface area contributed by atoms with Crippen molar-refractivity contribution >= 4 is 11.6 Å². The first kappa shape index (κ1) is 18.6. The molecule has 0 spiro atoms. The van der Waals surface area contributed by atoms with E-state index in [0.29, 0.717) is 18.2 Å². The average molecular weight is 357 g/mol. The molecule has 1 aromatic heterocycles. The molecule has 0 bridgehead atoms. The lowest BCUT2D eigenvalue weighted by Crippen LogP contribution is -2.19. The van der Waals surface area contributed by atoms with Gasteiger partial charge >= 0.3 is 0 Å². The minimum Gasteiger partial charge on any atom is -0.322 e. The SMILES string of the molecule is CF.Cc1nn(C)cc1C(=O)Nc1ccccc1[C@@]1(C)CC1(C)C1CC1. The van der Waals surface area contributed by atoms with Crippen LogP contribution in [-0.2, 0) is 12.5 Å². The summed E-state index contributed by atoms with van der Waals surface area (Å²) in [5, 5.41) is 7.40.